The highest BCUT2D eigenvalue weighted by Crippen LogP contribution is 2.22. The summed E-state index contributed by atoms with van der Waals surface area (Å²) >= 11 is 0. The lowest BCUT2D eigenvalue weighted by Crippen LogP contribution is -2.52. The number of carbonyl (C=O) groups excluding carboxylic acids is 2. The normalized spacial score (nSPS) is 21.4. The zero-order valence-electron chi connectivity index (χ0n) is 15.4. The molecule has 3 unspecified atom stereocenters. The van der Waals surface area contributed by atoms with Gasteiger partial charge >= 0.3 is 0 Å². The molecule has 2 rings (SSSR count). The minimum atomic E-state index is -0.689. The number of hydrogen-bond donors (Lipinski definition) is 2. The van der Waals surface area contributed by atoms with Gasteiger partial charge in [0.2, 0.25) is 5.91 Å². The first-order chi connectivity index (χ1) is 11.8. The predicted octanol–water partition coefficient (Wildman–Crippen LogP) is 2.18. The highest BCUT2D eigenvalue weighted by Gasteiger charge is 2.31. The fraction of sp³-hybridized carbons (Fsp3) is 0.579. The van der Waals surface area contributed by atoms with Crippen molar-refractivity contribution < 1.29 is 14.0 Å². The lowest BCUT2D eigenvalue weighted by molar-refractivity contribution is -0.124. The Hall–Kier alpha value is -1.95. The third-order valence-electron chi connectivity index (χ3n) is 4.84. The summed E-state index contributed by atoms with van der Waals surface area (Å²) in [6.07, 6.45) is 2.89. The van der Waals surface area contributed by atoms with Gasteiger partial charge in [0.25, 0.3) is 5.91 Å². The van der Waals surface area contributed by atoms with E-state index in [0.29, 0.717) is 6.04 Å². The van der Waals surface area contributed by atoms with Crippen LogP contribution in [0.4, 0.5) is 4.39 Å². The maximum atomic E-state index is 13.8. The molecule has 6 heteroatoms. The summed E-state index contributed by atoms with van der Waals surface area (Å²) in [7, 11) is 4.08. The number of amides is 2. The average molecular weight is 349 g/mol. The van der Waals surface area contributed by atoms with Crippen molar-refractivity contribution in [1.82, 2.24) is 15.5 Å². The second-order valence-electron chi connectivity index (χ2n) is 7.31. The second-order valence-corrected chi connectivity index (χ2v) is 7.31. The third kappa shape index (κ3) is 5.01. The summed E-state index contributed by atoms with van der Waals surface area (Å²) in [5.74, 6) is -1.46. The fourth-order valence-corrected chi connectivity index (χ4v) is 3.25. The summed E-state index contributed by atoms with van der Waals surface area (Å²) in [5, 5.41) is 5.72. The van der Waals surface area contributed by atoms with E-state index in [-0.39, 0.29) is 23.4 Å². The number of hydrogen-bond acceptors (Lipinski definition) is 3. The van der Waals surface area contributed by atoms with Crippen molar-refractivity contribution in [2.24, 2.45) is 5.92 Å². The van der Waals surface area contributed by atoms with Crippen LogP contribution >= 0.6 is 0 Å². The molecule has 1 aliphatic rings. The summed E-state index contributed by atoms with van der Waals surface area (Å²) < 4.78 is 13.8. The summed E-state index contributed by atoms with van der Waals surface area (Å²) in [6.45, 7) is 3.73. The van der Waals surface area contributed by atoms with Gasteiger partial charge in [-0.15, -0.1) is 0 Å². The number of carbonyl (C=O) groups is 2. The Balaban J connectivity index is 1.99. The molecule has 0 bridgehead atoms. The number of nitrogens with zero attached hydrogens (tertiary/aromatic N) is 1. The van der Waals surface area contributed by atoms with Crippen LogP contribution in [0.3, 0.4) is 0 Å². The van der Waals surface area contributed by atoms with Crippen LogP contribution in [-0.4, -0.2) is 48.9 Å². The van der Waals surface area contributed by atoms with Crippen LogP contribution in [0.2, 0.25) is 0 Å². The molecule has 5 nitrogen and oxygen atoms in total. The monoisotopic (exact) mass is 349 g/mol. The molecule has 1 aliphatic carbocycles. The van der Waals surface area contributed by atoms with Gasteiger partial charge < -0.3 is 15.5 Å². The van der Waals surface area contributed by atoms with Crippen molar-refractivity contribution in [3.63, 3.8) is 0 Å². The third-order valence-corrected chi connectivity index (χ3v) is 4.84. The van der Waals surface area contributed by atoms with Crippen LogP contribution < -0.4 is 10.6 Å². The first kappa shape index (κ1) is 19.4. The van der Waals surface area contributed by atoms with Crippen molar-refractivity contribution in [1.29, 1.82) is 0 Å². The lowest BCUT2D eigenvalue weighted by atomic mass is 10.0. The van der Waals surface area contributed by atoms with Gasteiger partial charge in [-0.3, -0.25) is 9.59 Å². The topological polar surface area (TPSA) is 61.4 Å². The molecule has 0 aliphatic heterocycles. The van der Waals surface area contributed by atoms with E-state index in [2.05, 4.69) is 15.5 Å². The molecule has 0 aromatic heterocycles. The molecule has 0 spiro atoms. The first-order valence-corrected chi connectivity index (χ1v) is 8.81. The van der Waals surface area contributed by atoms with Gasteiger partial charge in [0.05, 0.1) is 5.56 Å². The minimum Gasteiger partial charge on any atom is -0.352 e. The van der Waals surface area contributed by atoms with Gasteiger partial charge in [-0.2, -0.15) is 0 Å². The van der Waals surface area contributed by atoms with Crippen molar-refractivity contribution in [2.75, 3.05) is 14.1 Å². The van der Waals surface area contributed by atoms with E-state index in [1.54, 1.807) is 6.07 Å². The lowest BCUT2D eigenvalue weighted by Gasteiger charge is -2.24. The van der Waals surface area contributed by atoms with Crippen molar-refractivity contribution >= 4 is 11.8 Å². The van der Waals surface area contributed by atoms with E-state index in [1.807, 2.05) is 27.9 Å². The molecule has 0 radical (unpaired) electrons. The Morgan fingerprint density at radius 1 is 1.20 bits per heavy atom. The van der Waals surface area contributed by atoms with E-state index in [4.69, 9.17) is 0 Å². The molecule has 3 atom stereocenters. The molecule has 25 heavy (non-hydrogen) atoms. The van der Waals surface area contributed by atoms with Crippen molar-refractivity contribution in [3.8, 4) is 0 Å². The van der Waals surface area contributed by atoms with E-state index in [1.165, 1.54) is 18.2 Å². The molecule has 0 heterocycles. The van der Waals surface area contributed by atoms with Gasteiger partial charge in [0.1, 0.15) is 11.9 Å². The maximum Gasteiger partial charge on any atom is 0.254 e. The second kappa shape index (κ2) is 8.43. The molecule has 138 valence electrons. The van der Waals surface area contributed by atoms with Crippen LogP contribution in [-0.2, 0) is 4.79 Å². The zero-order valence-corrected chi connectivity index (χ0v) is 15.4. The van der Waals surface area contributed by atoms with Crippen LogP contribution in [0, 0.1) is 11.7 Å². The number of rotatable bonds is 6. The molecular weight excluding hydrogens is 321 g/mol. The van der Waals surface area contributed by atoms with Gasteiger partial charge in [-0.1, -0.05) is 26.0 Å². The van der Waals surface area contributed by atoms with Crippen LogP contribution in [0.15, 0.2) is 24.3 Å². The molecule has 1 aromatic rings. The standard InChI is InChI=1S/C19H28FN3O2/c1-12(2)17(22-18(24)15-7-5-6-8-16(15)20)19(25)21-13-9-10-14(11-13)23(3)4/h5-8,12-14,17H,9-11H2,1-4H3,(H,21,25)(H,22,24). The zero-order chi connectivity index (χ0) is 18.6. The predicted molar refractivity (Wildman–Crippen MR) is 95.7 cm³/mol. The highest BCUT2D eigenvalue weighted by atomic mass is 19.1. The number of benzene rings is 1. The molecular formula is C19H28FN3O2. The molecule has 0 saturated heterocycles. The summed E-state index contributed by atoms with van der Waals surface area (Å²) in [4.78, 5) is 27.1. The molecule has 1 fully saturated rings. The Kier molecular flexibility index (Phi) is 6.53. The van der Waals surface area contributed by atoms with E-state index in [0.717, 1.165) is 19.3 Å². The molecule has 2 N–H and O–H groups in total. The number of halogens is 1. The average Bonchev–Trinajstić information content (AvgIpc) is 3.01. The smallest absolute Gasteiger partial charge is 0.254 e. The highest BCUT2D eigenvalue weighted by molar-refractivity contribution is 5.97. The number of nitrogens with one attached hydrogen (secondary N) is 2. The minimum absolute atomic E-state index is 0.0468. The van der Waals surface area contributed by atoms with Crippen LogP contribution in [0.1, 0.15) is 43.5 Å². The Bertz CT molecular complexity index is 618. The van der Waals surface area contributed by atoms with Gasteiger partial charge in [-0.05, 0) is 51.4 Å². The maximum absolute atomic E-state index is 13.8. The van der Waals surface area contributed by atoms with E-state index in [9.17, 15) is 14.0 Å². The van der Waals surface area contributed by atoms with Crippen LogP contribution in [0.5, 0.6) is 0 Å². The van der Waals surface area contributed by atoms with Gasteiger partial charge in [0, 0.05) is 12.1 Å². The van der Waals surface area contributed by atoms with Crippen LogP contribution in [0.25, 0.3) is 0 Å². The SMILES string of the molecule is CC(C)C(NC(=O)c1ccccc1F)C(=O)NC1CCC(N(C)C)C1. The Morgan fingerprint density at radius 3 is 2.44 bits per heavy atom. The van der Waals surface area contributed by atoms with Gasteiger partial charge in [0.15, 0.2) is 0 Å². The van der Waals surface area contributed by atoms with E-state index < -0.39 is 17.8 Å². The van der Waals surface area contributed by atoms with Crippen molar-refractivity contribution in [3.05, 3.63) is 35.6 Å². The summed E-state index contributed by atoms with van der Waals surface area (Å²) in [6, 6.07) is 5.67. The first-order valence-electron chi connectivity index (χ1n) is 8.81. The van der Waals surface area contributed by atoms with Gasteiger partial charge in [-0.25, -0.2) is 4.39 Å². The molecule has 1 saturated carbocycles. The Morgan fingerprint density at radius 2 is 1.88 bits per heavy atom. The van der Waals surface area contributed by atoms with Crippen molar-refractivity contribution in [2.45, 2.75) is 51.2 Å². The molecule has 2 amide bonds. The Labute approximate surface area is 149 Å². The largest absolute Gasteiger partial charge is 0.352 e. The fourth-order valence-electron chi connectivity index (χ4n) is 3.25. The quantitative estimate of drug-likeness (QED) is 0.827. The summed E-state index contributed by atoms with van der Waals surface area (Å²) in [5.41, 5.74) is -0.0468. The molecule has 1 aromatic carbocycles. The van der Waals surface area contributed by atoms with E-state index >= 15 is 0 Å².